The van der Waals surface area contributed by atoms with Crippen LogP contribution in [-0.2, 0) is 9.59 Å². The van der Waals surface area contributed by atoms with E-state index in [4.69, 9.17) is 0 Å². The van der Waals surface area contributed by atoms with Crippen LogP contribution in [0, 0.1) is 0 Å². The van der Waals surface area contributed by atoms with Gasteiger partial charge < -0.3 is 10.6 Å². The molecule has 0 saturated carbocycles. The SMILES string of the molecule is CC(=O)NCCC(=O)Nc1ccc(-c2nc3cnccc3s2)cc1. The molecule has 2 heterocycles. The van der Waals surface area contributed by atoms with Crippen LogP contribution >= 0.6 is 11.3 Å². The zero-order chi connectivity index (χ0) is 16.9. The zero-order valence-corrected chi connectivity index (χ0v) is 13.9. The van der Waals surface area contributed by atoms with Crippen molar-refractivity contribution in [2.24, 2.45) is 0 Å². The first-order valence-corrected chi connectivity index (χ1v) is 8.29. The van der Waals surface area contributed by atoms with Crippen LogP contribution in [0.3, 0.4) is 0 Å². The van der Waals surface area contributed by atoms with E-state index < -0.39 is 0 Å². The standard InChI is InChI=1S/C17H16N4O2S/c1-11(22)19-9-7-16(23)20-13-4-2-12(3-5-13)17-21-14-10-18-8-6-15(14)24-17/h2-6,8,10H,7,9H2,1H3,(H,19,22)(H,20,23). The molecule has 7 heteroatoms. The molecule has 2 aromatic heterocycles. The molecule has 3 aromatic rings. The van der Waals surface area contributed by atoms with Crippen molar-refractivity contribution >= 4 is 39.1 Å². The Morgan fingerprint density at radius 1 is 1.17 bits per heavy atom. The summed E-state index contributed by atoms with van der Waals surface area (Å²) in [6, 6.07) is 9.48. The van der Waals surface area contributed by atoms with Crippen molar-refractivity contribution in [2.75, 3.05) is 11.9 Å². The van der Waals surface area contributed by atoms with Crippen LogP contribution in [0.4, 0.5) is 5.69 Å². The van der Waals surface area contributed by atoms with Crippen LogP contribution in [0.5, 0.6) is 0 Å². The fraction of sp³-hybridized carbons (Fsp3) is 0.176. The number of anilines is 1. The highest BCUT2D eigenvalue weighted by Gasteiger charge is 2.07. The fourth-order valence-electron chi connectivity index (χ4n) is 2.18. The molecule has 2 N–H and O–H groups in total. The molecule has 0 bridgehead atoms. The van der Waals surface area contributed by atoms with Gasteiger partial charge in [0.15, 0.2) is 0 Å². The van der Waals surface area contributed by atoms with Gasteiger partial charge in [0.05, 0.1) is 10.9 Å². The molecular formula is C17H16N4O2S. The molecule has 122 valence electrons. The summed E-state index contributed by atoms with van der Waals surface area (Å²) in [5, 5.41) is 6.32. The van der Waals surface area contributed by atoms with Crippen molar-refractivity contribution in [1.29, 1.82) is 0 Å². The van der Waals surface area contributed by atoms with Gasteiger partial charge in [-0.05, 0) is 30.3 Å². The largest absolute Gasteiger partial charge is 0.356 e. The predicted octanol–water partition coefficient (Wildman–Crippen LogP) is 2.82. The monoisotopic (exact) mass is 340 g/mol. The Bertz CT molecular complexity index is 841. The molecule has 0 aliphatic heterocycles. The molecule has 0 unspecified atom stereocenters. The molecule has 6 nitrogen and oxygen atoms in total. The highest BCUT2D eigenvalue weighted by molar-refractivity contribution is 7.21. The summed E-state index contributed by atoms with van der Waals surface area (Å²) >= 11 is 1.61. The minimum atomic E-state index is -0.141. The van der Waals surface area contributed by atoms with Crippen molar-refractivity contribution < 1.29 is 9.59 Å². The Labute approximate surface area is 142 Å². The maximum absolute atomic E-state index is 11.8. The number of nitrogens with one attached hydrogen (secondary N) is 2. The fourth-order valence-corrected chi connectivity index (χ4v) is 3.11. The summed E-state index contributed by atoms with van der Waals surface area (Å²) in [7, 11) is 0. The second-order valence-corrected chi connectivity index (χ2v) is 6.25. The van der Waals surface area contributed by atoms with E-state index in [1.165, 1.54) is 6.92 Å². The zero-order valence-electron chi connectivity index (χ0n) is 13.1. The second-order valence-electron chi connectivity index (χ2n) is 5.22. The summed E-state index contributed by atoms with van der Waals surface area (Å²) < 4.78 is 1.09. The Morgan fingerprint density at radius 3 is 2.67 bits per heavy atom. The van der Waals surface area contributed by atoms with Crippen molar-refractivity contribution in [3.8, 4) is 10.6 Å². The number of hydrogen-bond acceptors (Lipinski definition) is 5. The van der Waals surface area contributed by atoms with E-state index in [2.05, 4.69) is 20.6 Å². The van der Waals surface area contributed by atoms with Gasteiger partial charge in [-0.2, -0.15) is 0 Å². The molecule has 0 saturated heterocycles. The summed E-state index contributed by atoms with van der Waals surface area (Å²) in [5.41, 5.74) is 2.59. The second kappa shape index (κ2) is 7.18. The van der Waals surface area contributed by atoms with Gasteiger partial charge in [0.1, 0.15) is 10.5 Å². The molecule has 0 aliphatic carbocycles. The van der Waals surface area contributed by atoms with Crippen molar-refractivity contribution in [2.45, 2.75) is 13.3 Å². The minimum Gasteiger partial charge on any atom is -0.356 e. The maximum Gasteiger partial charge on any atom is 0.226 e. The first-order valence-electron chi connectivity index (χ1n) is 7.47. The smallest absolute Gasteiger partial charge is 0.226 e. The van der Waals surface area contributed by atoms with Crippen LogP contribution in [-0.4, -0.2) is 28.3 Å². The average molecular weight is 340 g/mol. The van der Waals surface area contributed by atoms with Gasteiger partial charge in [-0.3, -0.25) is 14.6 Å². The highest BCUT2D eigenvalue weighted by atomic mass is 32.1. The lowest BCUT2D eigenvalue weighted by molar-refractivity contribution is -0.119. The van der Waals surface area contributed by atoms with Gasteiger partial charge in [-0.15, -0.1) is 11.3 Å². The van der Waals surface area contributed by atoms with E-state index in [0.29, 0.717) is 12.2 Å². The highest BCUT2D eigenvalue weighted by Crippen LogP contribution is 2.30. The van der Waals surface area contributed by atoms with Gasteiger partial charge in [0, 0.05) is 37.3 Å². The number of carbonyl (C=O) groups is 2. The number of pyridine rings is 1. The van der Waals surface area contributed by atoms with E-state index in [1.807, 2.05) is 30.3 Å². The first kappa shape index (κ1) is 16.1. The number of fused-ring (bicyclic) bond motifs is 1. The lowest BCUT2D eigenvalue weighted by atomic mass is 10.2. The number of aromatic nitrogens is 2. The van der Waals surface area contributed by atoms with Crippen molar-refractivity contribution in [3.05, 3.63) is 42.7 Å². The third kappa shape index (κ3) is 3.94. The molecular weight excluding hydrogens is 324 g/mol. The Kier molecular flexibility index (Phi) is 4.81. The molecule has 0 radical (unpaired) electrons. The van der Waals surface area contributed by atoms with E-state index in [1.54, 1.807) is 23.7 Å². The maximum atomic E-state index is 11.8. The minimum absolute atomic E-state index is 0.137. The number of hydrogen-bond donors (Lipinski definition) is 2. The third-order valence-corrected chi connectivity index (χ3v) is 4.42. The van der Waals surface area contributed by atoms with Crippen LogP contribution in [0.15, 0.2) is 42.7 Å². The first-order chi connectivity index (χ1) is 11.6. The number of amides is 2. The Balaban J connectivity index is 1.64. The van der Waals surface area contributed by atoms with Crippen LogP contribution in [0.2, 0.25) is 0 Å². The van der Waals surface area contributed by atoms with Gasteiger partial charge in [0.2, 0.25) is 11.8 Å². The summed E-state index contributed by atoms with van der Waals surface area (Å²) in [5.74, 6) is -0.277. The molecule has 0 spiro atoms. The van der Waals surface area contributed by atoms with Crippen molar-refractivity contribution in [1.82, 2.24) is 15.3 Å². The molecule has 0 fully saturated rings. The lowest BCUT2D eigenvalue weighted by Gasteiger charge is -2.06. The number of rotatable bonds is 5. The van der Waals surface area contributed by atoms with Crippen molar-refractivity contribution in [3.63, 3.8) is 0 Å². The number of carbonyl (C=O) groups excluding carboxylic acids is 2. The molecule has 0 aliphatic rings. The molecule has 1 aromatic carbocycles. The van der Waals surface area contributed by atoms with Gasteiger partial charge in [-0.1, -0.05) is 0 Å². The predicted molar refractivity (Wildman–Crippen MR) is 94.8 cm³/mol. The van der Waals surface area contributed by atoms with E-state index >= 15 is 0 Å². The number of benzene rings is 1. The Morgan fingerprint density at radius 2 is 1.96 bits per heavy atom. The van der Waals surface area contributed by atoms with Gasteiger partial charge in [-0.25, -0.2) is 4.98 Å². The summed E-state index contributed by atoms with van der Waals surface area (Å²) in [4.78, 5) is 31.2. The van der Waals surface area contributed by atoms with Gasteiger partial charge >= 0.3 is 0 Å². The normalized spacial score (nSPS) is 10.5. The molecule has 2 amide bonds. The van der Waals surface area contributed by atoms with E-state index in [9.17, 15) is 9.59 Å². The molecule has 0 atom stereocenters. The Hall–Kier alpha value is -2.80. The quantitative estimate of drug-likeness (QED) is 0.748. The summed E-state index contributed by atoms with van der Waals surface area (Å²) in [6.45, 7) is 1.76. The summed E-state index contributed by atoms with van der Waals surface area (Å²) in [6.07, 6.45) is 3.75. The van der Waals surface area contributed by atoms with Crippen LogP contribution in [0.25, 0.3) is 20.8 Å². The van der Waals surface area contributed by atoms with Gasteiger partial charge in [0.25, 0.3) is 0 Å². The molecule has 3 rings (SSSR count). The average Bonchev–Trinajstić information content (AvgIpc) is 2.99. The number of nitrogens with zero attached hydrogens (tertiary/aromatic N) is 2. The lowest BCUT2D eigenvalue weighted by Crippen LogP contribution is -2.25. The topological polar surface area (TPSA) is 84.0 Å². The van der Waals surface area contributed by atoms with Crippen LogP contribution in [0.1, 0.15) is 13.3 Å². The van der Waals surface area contributed by atoms with E-state index in [0.717, 1.165) is 20.8 Å². The number of thiazole rings is 1. The third-order valence-electron chi connectivity index (χ3n) is 3.33. The van der Waals surface area contributed by atoms with Crippen LogP contribution < -0.4 is 10.6 Å². The van der Waals surface area contributed by atoms with E-state index in [-0.39, 0.29) is 18.2 Å². The molecule has 24 heavy (non-hydrogen) atoms.